The van der Waals surface area contributed by atoms with Gasteiger partial charge < -0.3 is 9.47 Å². The molecule has 1 atom stereocenters. The Balaban J connectivity index is 0.00000172. The lowest BCUT2D eigenvalue weighted by atomic mass is 10.0. The second-order valence-corrected chi connectivity index (χ2v) is 4.63. The van der Waals surface area contributed by atoms with Crippen molar-refractivity contribution >= 4 is 0 Å². The van der Waals surface area contributed by atoms with Gasteiger partial charge in [0.05, 0.1) is 13.2 Å². The zero-order chi connectivity index (χ0) is 15.2. The topological polar surface area (TPSA) is 18.5 Å². The molecule has 0 amide bonds. The summed E-state index contributed by atoms with van der Waals surface area (Å²) in [5, 5.41) is 0. The third-order valence-corrected chi connectivity index (χ3v) is 3.16. The summed E-state index contributed by atoms with van der Waals surface area (Å²) in [6.45, 7) is 14.0. The van der Waals surface area contributed by atoms with E-state index in [9.17, 15) is 0 Å². The molecule has 0 N–H and O–H groups in total. The molecular formula is C18H30O2. The third-order valence-electron chi connectivity index (χ3n) is 3.16. The summed E-state index contributed by atoms with van der Waals surface area (Å²) in [5.74, 6) is 2.52. The lowest BCUT2D eigenvalue weighted by Crippen LogP contribution is -2.11. The number of hydrogen-bond acceptors (Lipinski definition) is 2. The maximum absolute atomic E-state index is 5.83. The third kappa shape index (κ3) is 7.88. The van der Waals surface area contributed by atoms with E-state index < -0.39 is 0 Å². The highest BCUT2D eigenvalue weighted by atomic mass is 16.5. The smallest absolute Gasteiger partial charge is 0.119 e. The Hall–Kier alpha value is -1.44. The van der Waals surface area contributed by atoms with Crippen molar-refractivity contribution < 1.29 is 9.47 Å². The molecule has 2 nitrogen and oxygen atoms in total. The maximum Gasteiger partial charge on any atom is 0.119 e. The second-order valence-electron chi connectivity index (χ2n) is 4.63. The fourth-order valence-electron chi connectivity index (χ4n) is 1.91. The van der Waals surface area contributed by atoms with Crippen LogP contribution in [0.5, 0.6) is 11.5 Å². The molecule has 0 radical (unpaired) electrons. The van der Waals surface area contributed by atoms with E-state index in [1.54, 1.807) is 0 Å². The number of ether oxygens (including phenoxy) is 2. The van der Waals surface area contributed by atoms with Crippen molar-refractivity contribution in [2.45, 2.75) is 46.5 Å². The zero-order valence-electron chi connectivity index (χ0n) is 13.4. The zero-order valence-corrected chi connectivity index (χ0v) is 13.4. The molecule has 2 heteroatoms. The van der Waals surface area contributed by atoms with Crippen molar-refractivity contribution in [3.63, 3.8) is 0 Å². The summed E-state index contributed by atoms with van der Waals surface area (Å²) in [7, 11) is 0. The highest BCUT2D eigenvalue weighted by molar-refractivity contribution is 5.31. The van der Waals surface area contributed by atoms with E-state index >= 15 is 0 Å². The van der Waals surface area contributed by atoms with Crippen molar-refractivity contribution in [2.75, 3.05) is 13.2 Å². The summed E-state index contributed by atoms with van der Waals surface area (Å²) < 4.78 is 11.2. The van der Waals surface area contributed by atoms with Crippen LogP contribution in [0.15, 0.2) is 37.4 Å². The number of rotatable bonds is 9. The first kappa shape index (κ1) is 18.6. The van der Waals surface area contributed by atoms with Crippen LogP contribution in [-0.4, -0.2) is 13.2 Å². The largest absolute Gasteiger partial charge is 0.494 e. The average Bonchev–Trinajstić information content (AvgIpc) is 2.51. The minimum absolute atomic E-state index is 0.677. The molecule has 114 valence electrons. The predicted octanol–water partition coefficient (Wildman–Crippen LogP) is 5.48. The van der Waals surface area contributed by atoms with E-state index in [-0.39, 0.29) is 0 Å². The van der Waals surface area contributed by atoms with Crippen molar-refractivity contribution in [3.05, 3.63) is 37.4 Å². The molecule has 0 saturated heterocycles. The molecule has 1 rings (SSSR count). The Morgan fingerprint density at radius 1 is 0.950 bits per heavy atom. The molecule has 0 aliphatic carbocycles. The van der Waals surface area contributed by atoms with Crippen LogP contribution in [0.3, 0.4) is 0 Å². The number of benzene rings is 1. The van der Waals surface area contributed by atoms with Crippen LogP contribution in [0.1, 0.15) is 46.5 Å². The van der Waals surface area contributed by atoms with Gasteiger partial charge in [-0.3, -0.25) is 0 Å². The average molecular weight is 278 g/mol. The monoisotopic (exact) mass is 278 g/mol. The molecule has 20 heavy (non-hydrogen) atoms. The first-order valence-corrected chi connectivity index (χ1v) is 7.65. The van der Waals surface area contributed by atoms with Gasteiger partial charge in [0, 0.05) is 0 Å². The summed E-state index contributed by atoms with van der Waals surface area (Å²) in [5.41, 5.74) is 0. The van der Waals surface area contributed by atoms with E-state index in [1.165, 1.54) is 25.7 Å². The molecule has 1 aromatic carbocycles. The summed E-state index contributed by atoms with van der Waals surface area (Å²) >= 11 is 0. The molecule has 0 saturated carbocycles. The molecule has 0 fully saturated rings. The van der Waals surface area contributed by atoms with Crippen molar-refractivity contribution in [1.82, 2.24) is 0 Å². The molecule has 0 bridgehead atoms. The van der Waals surface area contributed by atoms with Gasteiger partial charge in [-0.25, -0.2) is 0 Å². The minimum atomic E-state index is 0.677. The second kappa shape index (κ2) is 12.6. The van der Waals surface area contributed by atoms with E-state index in [0.29, 0.717) is 12.5 Å². The van der Waals surface area contributed by atoms with Crippen molar-refractivity contribution in [3.8, 4) is 11.5 Å². The van der Waals surface area contributed by atoms with Gasteiger partial charge in [-0.1, -0.05) is 33.1 Å². The van der Waals surface area contributed by atoms with E-state index in [0.717, 1.165) is 18.1 Å². The molecule has 0 aromatic heterocycles. The Labute approximate surface area is 124 Å². The standard InChI is InChI=1S/C16H26O2.C2H4/c1-4-7-8-14(5-2)13-18-16-11-9-15(10-12-16)17-6-3;1-2/h9-12,14H,4-8,13H2,1-3H3;1-2H2. The summed E-state index contributed by atoms with van der Waals surface area (Å²) in [4.78, 5) is 0. The van der Waals surface area contributed by atoms with Gasteiger partial charge in [0.15, 0.2) is 0 Å². The van der Waals surface area contributed by atoms with Gasteiger partial charge in [0.25, 0.3) is 0 Å². The molecule has 0 aliphatic heterocycles. The molecule has 1 unspecified atom stereocenters. The minimum Gasteiger partial charge on any atom is -0.494 e. The molecule has 0 aliphatic rings. The van der Waals surface area contributed by atoms with E-state index in [1.807, 2.05) is 31.2 Å². The van der Waals surface area contributed by atoms with Gasteiger partial charge >= 0.3 is 0 Å². The highest BCUT2D eigenvalue weighted by Gasteiger charge is 2.06. The molecular weight excluding hydrogens is 248 g/mol. The van der Waals surface area contributed by atoms with Gasteiger partial charge in [0.2, 0.25) is 0 Å². The van der Waals surface area contributed by atoms with E-state index in [2.05, 4.69) is 27.0 Å². The first-order chi connectivity index (χ1) is 9.80. The lowest BCUT2D eigenvalue weighted by molar-refractivity contribution is 0.233. The predicted molar refractivity (Wildman–Crippen MR) is 87.7 cm³/mol. The van der Waals surface area contributed by atoms with Crippen molar-refractivity contribution in [1.29, 1.82) is 0 Å². The van der Waals surface area contributed by atoms with Gasteiger partial charge in [-0.2, -0.15) is 0 Å². The lowest BCUT2D eigenvalue weighted by Gasteiger charge is -2.15. The molecule has 0 heterocycles. The maximum atomic E-state index is 5.83. The Morgan fingerprint density at radius 2 is 1.50 bits per heavy atom. The van der Waals surface area contributed by atoms with Crippen LogP contribution in [0.25, 0.3) is 0 Å². The fraction of sp³-hybridized carbons (Fsp3) is 0.556. The van der Waals surface area contributed by atoms with E-state index in [4.69, 9.17) is 9.47 Å². The van der Waals surface area contributed by atoms with Crippen LogP contribution in [0.4, 0.5) is 0 Å². The van der Waals surface area contributed by atoms with Crippen molar-refractivity contribution in [2.24, 2.45) is 5.92 Å². The fourth-order valence-corrected chi connectivity index (χ4v) is 1.91. The van der Waals surface area contributed by atoms with Crippen LogP contribution < -0.4 is 9.47 Å². The highest BCUT2D eigenvalue weighted by Crippen LogP contribution is 2.20. The Kier molecular flexibility index (Phi) is 11.7. The SMILES string of the molecule is C=C.CCCCC(CC)COc1ccc(OCC)cc1. The quantitative estimate of drug-likeness (QED) is 0.557. The van der Waals surface area contributed by atoms with Crippen LogP contribution in [0, 0.1) is 5.92 Å². The Bertz CT molecular complexity index is 319. The van der Waals surface area contributed by atoms with Gasteiger partial charge in [0.1, 0.15) is 11.5 Å². The van der Waals surface area contributed by atoms with Gasteiger partial charge in [-0.05, 0) is 43.5 Å². The molecule has 0 spiro atoms. The molecule has 1 aromatic rings. The number of hydrogen-bond donors (Lipinski definition) is 0. The van der Waals surface area contributed by atoms with Gasteiger partial charge in [-0.15, -0.1) is 13.2 Å². The number of unbranched alkanes of at least 4 members (excludes halogenated alkanes) is 1. The van der Waals surface area contributed by atoms with Crippen LogP contribution in [0.2, 0.25) is 0 Å². The Morgan fingerprint density at radius 3 is 1.95 bits per heavy atom. The summed E-state index contributed by atoms with van der Waals surface area (Å²) in [6.07, 6.45) is 5.02. The van der Waals surface area contributed by atoms with Crippen LogP contribution >= 0.6 is 0 Å². The summed E-state index contributed by atoms with van der Waals surface area (Å²) in [6, 6.07) is 7.90. The van der Waals surface area contributed by atoms with Crippen LogP contribution in [-0.2, 0) is 0 Å². The normalized spacial score (nSPS) is 11.2. The first-order valence-electron chi connectivity index (χ1n) is 7.65.